The van der Waals surface area contributed by atoms with E-state index >= 15 is 0 Å². The topological polar surface area (TPSA) is 107 Å². The molecule has 0 fully saturated rings. The third-order valence-electron chi connectivity index (χ3n) is 3.39. The molecule has 0 spiro atoms. The van der Waals surface area contributed by atoms with Crippen LogP contribution in [0.2, 0.25) is 0 Å². The van der Waals surface area contributed by atoms with Crippen LogP contribution in [0.1, 0.15) is 26.7 Å². The third kappa shape index (κ3) is 2.20. The minimum atomic E-state index is -0.656. The number of nitrogens with zero attached hydrogens (tertiary/aromatic N) is 4. The molecule has 0 aliphatic heterocycles. The predicted octanol–water partition coefficient (Wildman–Crippen LogP) is 0.727. The minimum Gasteiger partial charge on any atom is -0.364 e. The number of pyridine rings is 1. The minimum absolute atomic E-state index is 0.147. The van der Waals surface area contributed by atoms with E-state index in [-0.39, 0.29) is 17.3 Å². The van der Waals surface area contributed by atoms with E-state index in [0.29, 0.717) is 5.56 Å². The van der Waals surface area contributed by atoms with Crippen LogP contribution in [0.3, 0.4) is 0 Å². The Kier molecular flexibility index (Phi) is 3.13. The van der Waals surface area contributed by atoms with Crippen LogP contribution in [0.4, 0.5) is 5.69 Å². The van der Waals surface area contributed by atoms with Crippen LogP contribution in [0, 0.1) is 6.92 Å². The van der Waals surface area contributed by atoms with Gasteiger partial charge in [-0.2, -0.15) is 5.10 Å². The molecular formula is C14H14N6O2. The zero-order chi connectivity index (χ0) is 15.9. The molecule has 22 heavy (non-hydrogen) atoms. The fraction of sp³-hybridized carbons (Fsp3) is 0.143. The van der Waals surface area contributed by atoms with Crippen LogP contribution in [0.5, 0.6) is 0 Å². The quantitative estimate of drug-likeness (QED) is 0.743. The third-order valence-corrected chi connectivity index (χ3v) is 3.39. The Bertz CT molecular complexity index is 892. The molecule has 3 aromatic rings. The molecule has 0 saturated carbocycles. The smallest absolute Gasteiger partial charge is 0.269 e. The Hall–Kier alpha value is -3.16. The second-order valence-corrected chi connectivity index (χ2v) is 4.87. The van der Waals surface area contributed by atoms with Gasteiger partial charge in [-0.25, -0.2) is 4.98 Å². The number of anilines is 1. The Morgan fingerprint density at radius 3 is 2.77 bits per heavy atom. The number of nitrogens with one attached hydrogen (secondary N) is 1. The molecule has 0 aliphatic carbocycles. The molecule has 0 aliphatic rings. The van der Waals surface area contributed by atoms with Crippen LogP contribution in [-0.4, -0.2) is 31.0 Å². The van der Waals surface area contributed by atoms with Gasteiger partial charge in [0.15, 0.2) is 0 Å². The lowest BCUT2D eigenvalue weighted by molar-refractivity contribution is 0.0992. The standard InChI is InChI=1S/C14H14N6O2/c1-8-16-5-10-4-3-9(7-20(8)10)14(22)18-11-6-17-19(2)12(11)13(15)21/h3-7H,1-2H3,(H2,15,21)(H,18,22). The number of hydrogen-bond donors (Lipinski definition) is 2. The lowest BCUT2D eigenvalue weighted by Gasteiger charge is -2.06. The molecule has 0 saturated heterocycles. The molecule has 0 radical (unpaired) electrons. The maximum atomic E-state index is 12.3. The molecule has 0 bridgehead atoms. The first-order valence-electron chi connectivity index (χ1n) is 6.54. The lowest BCUT2D eigenvalue weighted by Crippen LogP contribution is -2.20. The summed E-state index contributed by atoms with van der Waals surface area (Å²) in [6, 6.07) is 3.49. The van der Waals surface area contributed by atoms with E-state index in [0.717, 1.165) is 11.3 Å². The molecule has 0 unspecified atom stereocenters. The number of hydrogen-bond acceptors (Lipinski definition) is 4. The highest BCUT2D eigenvalue weighted by Gasteiger charge is 2.17. The zero-order valence-electron chi connectivity index (χ0n) is 12.1. The van der Waals surface area contributed by atoms with E-state index in [1.165, 1.54) is 10.9 Å². The van der Waals surface area contributed by atoms with Crippen molar-refractivity contribution in [2.24, 2.45) is 12.8 Å². The van der Waals surface area contributed by atoms with Gasteiger partial charge >= 0.3 is 0 Å². The molecule has 112 valence electrons. The maximum Gasteiger partial charge on any atom is 0.269 e. The van der Waals surface area contributed by atoms with Crippen LogP contribution in [-0.2, 0) is 7.05 Å². The number of aromatic nitrogens is 4. The van der Waals surface area contributed by atoms with Gasteiger partial charge < -0.3 is 15.5 Å². The van der Waals surface area contributed by atoms with Crippen LogP contribution >= 0.6 is 0 Å². The number of carbonyl (C=O) groups is 2. The van der Waals surface area contributed by atoms with E-state index in [4.69, 9.17) is 5.73 Å². The Morgan fingerprint density at radius 2 is 2.05 bits per heavy atom. The monoisotopic (exact) mass is 298 g/mol. The average molecular weight is 298 g/mol. The summed E-state index contributed by atoms with van der Waals surface area (Å²) in [6.45, 7) is 1.85. The molecule has 3 rings (SSSR count). The van der Waals surface area contributed by atoms with Gasteiger partial charge in [0.2, 0.25) is 0 Å². The van der Waals surface area contributed by atoms with Gasteiger partial charge in [-0.05, 0) is 19.1 Å². The van der Waals surface area contributed by atoms with E-state index in [1.54, 1.807) is 31.6 Å². The number of nitrogens with two attached hydrogens (primary N) is 1. The number of aryl methyl sites for hydroxylation is 2. The van der Waals surface area contributed by atoms with Crippen molar-refractivity contribution in [1.82, 2.24) is 19.2 Å². The number of amides is 2. The number of carbonyl (C=O) groups excluding carboxylic acids is 2. The normalized spacial score (nSPS) is 10.8. The van der Waals surface area contributed by atoms with E-state index < -0.39 is 5.91 Å². The largest absolute Gasteiger partial charge is 0.364 e. The summed E-state index contributed by atoms with van der Waals surface area (Å²) in [6.07, 6.45) is 4.80. The predicted molar refractivity (Wildman–Crippen MR) is 79.6 cm³/mol. The number of primary amides is 1. The van der Waals surface area contributed by atoms with E-state index in [2.05, 4.69) is 15.4 Å². The molecular weight excluding hydrogens is 284 g/mol. The summed E-state index contributed by atoms with van der Waals surface area (Å²) < 4.78 is 3.13. The Balaban J connectivity index is 1.93. The maximum absolute atomic E-state index is 12.3. The van der Waals surface area contributed by atoms with Gasteiger partial charge in [0.05, 0.1) is 29.2 Å². The molecule has 2 amide bonds. The first kappa shape index (κ1) is 13.8. The van der Waals surface area contributed by atoms with Gasteiger partial charge in [-0.15, -0.1) is 0 Å². The molecule has 3 N–H and O–H groups in total. The average Bonchev–Trinajstić information content (AvgIpc) is 3.02. The summed E-state index contributed by atoms with van der Waals surface area (Å²) in [5.74, 6) is -0.231. The van der Waals surface area contributed by atoms with E-state index in [1.807, 2.05) is 11.3 Å². The number of rotatable bonds is 3. The molecule has 3 heterocycles. The summed E-state index contributed by atoms with van der Waals surface area (Å²) in [5, 5.41) is 6.57. The van der Waals surface area contributed by atoms with Crippen molar-refractivity contribution < 1.29 is 9.59 Å². The molecule has 8 heteroatoms. The van der Waals surface area contributed by atoms with Crippen LogP contribution in [0.25, 0.3) is 5.52 Å². The molecule has 0 atom stereocenters. The van der Waals surface area contributed by atoms with Gasteiger partial charge in [-0.3, -0.25) is 14.3 Å². The van der Waals surface area contributed by atoms with Crippen molar-refractivity contribution in [2.45, 2.75) is 6.92 Å². The molecule has 0 aromatic carbocycles. The van der Waals surface area contributed by atoms with Gasteiger partial charge in [0.1, 0.15) is 11.5 Å². The SMILES string of the molecule is Cc1ncc2ccc(C(=O)Nc3cnn(C)c3C(N)=O)cn12. The van der Waals surface area contributed by atoms with Gasteiger partial charge in [-0.1, -0.05) is 0 Å². The summed E-state index contributed by atoms with van der Waals surface area (Å²) in [5.41, 5.74) is 7.05. The number of fused-ring (bicyclic) bond motifs is 1. The van der Waals surface area contributed by atoms with Crippen molar-refractivity contribution in [3.05, 3.63) is 47.8 Å². The highest BCUT2D eigenvalue weighted by molar-refractivity contribution is 6.08. The second kappa shape index (κ2) is 4.99. The van der Waals surface area contributed by atoms with Crippen molar-refractivity contribution in [2.75, 3.05) is 5.32 Å². The highest BCUT2D eigenvalue weighted by atomic mass is 16.2. The lowest BCUT2D eigenvalue weighted by atomic mass is 10.2. The molecule has 3 aromatic heterocycles. The zero-order valence-corrected chi connectivity index (χ0v) is 12.1. The second-order valence-electron chi connectivity index (χ2n) is 4.87. The first-order chi connectivity index (χ1) is 10.5. The van der Waals surface area contributed by atoms with Crippen molar-refractivity contribution in [1.29, 1.82) is 0 Å². The fourth-order valence-corrected chi connectivity index (χ4v) is 2.27. The summed E-state index contributed by atoms with van der Waals surface area (Å²) in [7, 11) is 1.58. The Morgan fingerprint density at radius 1 is 1.27 bits per heavy atom. The van der Waals surface area contributed by atoms with Crippen LogP contribution < -0.4 is 11.1 Å². The molecule has 8 nitrogen and oxygen atoms in total. The fourth-order valence-electron chi connectivity index (χ4n) is 2.27. The van der Waals surface area contributed by atoms with Crippen molar-refractivity contribution in [3.63, 3.8) is 0 Å². The van der Waals surface area contributed by atoms with Gasteiger partial charge in [0.25, 0.3) is 11.8 Å². The van der Waals surface area contributed by atoms with Crippen molar-refractivity contribution >= 4 is 23.0 Å². The number of imidazole rings is 1. The van der Waals surface area contributed by atoms with Gasteiger partial charge in [0, 0.05) is 13.2 Å². The highest BCUT2D eigenvalue weighted by Crippen LogP contribution is 2.16. The van der Waals surface area contributed by atoms with E-state index in [9.17, 15) is 9.59 Å². The first-order valence-corrected chi connectivity index (χ1v) is 6.54. The summed E-state index contributed by atoms with van der Waals surface area (Å²) in [4.78, 5) is 27.9. The summed E-state index contributed by atoms with van der Waals surface area (Å²) >= 11 is 0. The van der Waals surface area contributed by atoms with Crippen LogP contribution in [0.15, 0.2) is 30.7 Å². The van der Waals surface area contributed by atoms with Crippen molar-refractivity contribution in [3.8, 4) is 0 Å². The Labute approximate surface area is 125 Å².